The average Bonchev–Trinajstić information content (AvgIpc) is 3.05. The van der Waals surface area contributed by atoms with Crippen molar-refractivity contribution in [2.45, 2.75) is 18.4 Å². The number of hydrogen-bond acceptors (Lipinski definition) is 10. The van der Waals surface area contributed by atoms with E-state index in [9.17, 15) is 33.4 Å². The van der Waals surface area contributed by atoms with Crippen LogP contribution in [0.5, 0.6) is 0 Å². The maximum atomic E-state index is 12.4. The molecule has 2 heterocycles. The second-order valence-electron chi connectivity index (χ2n) is 6.18. The number of nitro groups is 2. The molecule has 0 aliphatic rings. The van der Waals surface area contributed by atoms with Crippen molar-refractivity contribution < 1.29 is 23.1 Å². The third kappa shape index (κ3) is 4.81. The predicted octanol–water partition coefficient (Wildman–Crippen LogP) is 1.24. The molecule has 0 saturated carbocycles. The summed E-state index contributed by atoms with van der Waals surface area (Å²) < 4.78 is 27.8. The number of carbonyl (C=O) groups excluding carboxylic acids is 1. The Labute approximate surface area is 179 Å². The van der Waals surface area contributed by atoms with Gasteiger partial charge in [-0.05, 0) is 42.2 Å². The fraction of sp³-hybridized carbons (Fsp3) is 0.125. The molecule has 0 radical (unpaired) electrons. The molecule has 0 aliphatic heterocycles. The van der Waals surface area contributed by atoms with Crippen molar-refractivity contribution in [3.8, 4) is 0 Å². The summed E-state index contributed by atoms with van der Waals surface area (Å²) in [5.74, 6) is -1.76. The Kier molecular flexibility index (Phi) is 6.06. The van der Waals surface area contributed by atoms with Crippen molar-refractivity contribution in [2.24, 2.45) is 0 Å². The lowest BCUT2D eigenvalue weighted by molar-refractivity contribution is -0.424. The zero-order valence-corrected chi connectivity index (χ0v) is 17.0. The zero-order chi connectivity index (χ0) is 23.5. The SMILES string of the molecule is Cc1c([N+](=O)[O-])c([N+](=O)[O-])nn1CC(=O)Nc1ccc(S(=O)(=O)Nc2ncccn2)cc1. The van der Waals surface area contributed by atoms with Crippen LogP contribution >= 0.6 is 0 Å². The molecule has 3 aromatic rings. The summed E-state index contributed by atoms with van der Waals surface area (Å²) in [6, 6.07) is 6.63. The minimum absolute atomic E-state index is 0.109. The molecule has 15 nitrogen and oxygen atoms in total. The van der Waals surface area contributed by atoms with Gasteiger partial charge in [-0.15, -0.1) is 0 Å². The maximum absolute atomic E-state index is 12.4. The number of carbonyl (C=O) groups is 1. The lowest BCUT2D eigenvalue weighted by Gasteiger charge is -2.08. The van der Waals surface area contributed by atoms with E-state index >= 15 is 0 Å². The van der Waals surface area contributed by atoms with Crippen LogP contribution in [-0.4, -0.2) is 43.9 Å². The molecule has 166 valence electrons. The minimum atomic E-state index is -3.96. The van der Waals surface area contributed by atoms with Crippen LogP contribution in [0.3, 0.4) is 0 Å². The summed E-state index contributed by atoms with van der Waals surface area (Å²) in [4.78, 5) is 39.8. The van der Waals surface area contributed by atoms with Gasteiger partial charge in [-0.1, -0.05) is 0 Å². The van der Waals surface area contributed by atoms with Crippen LogP contribution in [0.4, 0.5) is 23.1 Å². The smallest absolute Gasteiger partial charge is 0.358 e. The minimum Gasteiger partial charge on any atom is -0.358 e. The van der Waals surface area contributed by atoms with Crippen molar-refractivity contribution >= 4 is 39.1 Å². The summed E-state index contributed by atoms with van der Waals surface area (Å²) in [5, 5.41) is 28.0. The van der Waals surface area contributed by atoms with Crippen molar-refractivity contribution in [3.05, 3.63) is 68.6 Å². The van der Waals surface area contributed by atoms with Gasteiger partial charge < -0.3 is 15.4 Å². The molecule has 1 amide bonds. The van der Waals surface area contributed by atoms with E-state index in [0.717, 1.165) is 4.68 Å². The van der Waals surface area contributed by atoms with Gasteiger partial charge in [0.05, 0.1) is 14.9 Å². The number of rotatable bonds is 8. The molecule has 2 N–H and O–H groups in total. The normalized spacial score (nSPS) is 11.0. The number of nitrogens with zero attached hydrogens (tertiary/aromatic N) is 6. The van der Waals surface area contributed by atoms with Gasteiger partial charge in [-0.2, -0.15) is 4.68 Å². The van der Waals surface area contributed by atoms with Crippen LogP contribution in [0.2, 0.25) is 0 Å². The number of benzene rings is 1. The maximum Gasteiger partial charge on any atom is 0.468 e. The number of anilines is 2. The summed E-state index contributed by atoms with van der Waals surface area (Å²) in [6.45, 7) is 0.696. The third-order valence-electron chi connectivity index (χ3n) is 4.05. The van der Waals surface area contributed by atoms with Crippen LogP contribution in [0.1, 0.15) is 5.69 Å². The van der Waals surface area contributed by atoms with Crippen molar-refractivity contribution in [2.75, 3.05) is 10.0 Å². The molecular weight excluding hydrogens is 448 g/mol. The third-order valence-corrected chi connectivity index (χ3v) is 5.39. The monoisotopic (exact) mass is 462 g/mol. The Hall–Kier alpha value is -4.47. The highest BCUT2D eigenvalue weighted by atomic mass is 32.2. The van der Waals surface area contributed by atoms with Gasteiger partial charge in [0.15, 0.2) is 0 Å². The van der Waals surface area contributed by atoms with Gasteiger partial charge in [-0.25, -0.2) is 23.1 Å². The molecule has 32 heavy (non-hydrogen) atoms. The number of sulfonamides is 1. The molecule has 16 heteroatoms. The second kappa shape index (κ2) is 8.72. The molecule has 0 atom stereocenters. The van der Waals surface area contributed by atoms with Gasteiger partial charge in [0.2, 0.25) is 11.9 Å². The van der Waals surface area contributed by atoms with Crippen LogP contribution in [0.25, 0.3) is 0 Å². The molecule has 2 aromatic heterocycles. The largest absolute Gasteiger partial charge is 0.468 e. The highest BCUT2D eigenvalue weighted by Gasteiger charge is 2.35. The Morgan fingerprint density at radius 1 is 1.09 bits per heavy atom. The summed E-state index contributed by atoms with van der Waals surface area (Å²) in [5.41, 5.74) is -0.738. The Morgan fingerprint density at radius 2 is 1.72 bits per heavy atom. The van der Waals surface area contributed by atoms with Gasteiger partial charge in [0, 0.05) is 18.1 Å². The summed E-state index contributed by atoms with van der Waals surface area (Å²) >= 11 is 0. The van der Waals surface area contributed by atoms with E-state index in [1.54, 1.807) is 0 Å². The van der Waals surface area contributed by atoms with E-state index in [1.165, 1.54) is 49.6 Å². The number of amides is 1. The molecule has 1 aromatic carbocycles. The van der Waals surface area contributed by atoms with E-state index < -0.39 is 43.8 Å². The first-order valence-electron chi connectivity index (χ1n) is 8.64. The zero-order valence-electron chi connectivity index (χ0n) is 16.2. The van der Waals surface area contributed by atoms with Gasteiger partial charge in [0.1, 0.15) is 12.2 Å². The standard InChI is InChI=1S/C16H14N8O7S/c1-10-14(23(26)27)15(24(28)29)20-22(10)9-13(25)19-11-3-5-12(6-4-11)32(30,31)21-16-17-7-2-8-18-16/h2-8H,9H2,1H3,(H,19,25)(H,17,18,21). The van der Waals surface area contributed by atoms with E-state index in [0.29, 0.717) is 0 Å². The van der Waals surface area contributed by atoms with Crippen molar-refractivity contribution in [3.63, 3.8) is 0 Å². The number of nitrogens with one attached hydrogen (secondary N) is 2. The first-order valence-corrected chi connectivity index (χ1v) is 10.1. The lowest BCUT2D eigenvalue weighted by Crippen LogP contribution is -2.20. The number of aromatic nitrogens is 4. The summed E-state index contributed by atoms with van der Waals surface area (Å²) in [6.07, 6.45) is 2.74. The molecule has 0 spiro atoms. The van der Waals surface area contributed by atoms with Crippen LogP contribution in [0.15, 0.2) is 47.6 Å². The predicted molar refractivity (Wildman–Crippen MR) is 108 cm³/mol. The molecular formula is C16H14N8O7S. The Balaban J connectivity index is 1.71. The van der Waals surface area contributed by atoms with Crippen molar-refractivity contribution in [1.82, 2.24) is 19.7 Å². The van der Waals surface area contributed by atoms with E-state index in [4.69, 9.17) is 0 Å². The van der Waals surface area contributed by atoms with E-state index in [1.807, 2.05) is 0 Å². The fourth-order valence-electron chi connectivity index (χ4n) is 2.60. The summed E-state index contributed by atoms with van der Waals surface area (Å²) in [7, 11) is -3.96. The Bertz CT molecular complexity index is 1290. The van der Waals surface area contributed by atoms with Crippen LogP contribution in [-0.2, 0) is 21.4 Å². The molecule has 0 unspecified atom stereocenters. The topological polar surface area (TPSA) is 205 Å². The van der Waals surface area contributed by atoms with Crippen LogP contribution < -0.4 is 10.0 Å². The molecule has 0 aliphatic carbocycles. The highest BCUT2D eigenvalue weighted by Crippen LogP contribution is 2.29. The molecule has 0 saturated heterocycles. The molecule has 3 rings (SSSR count). The Morgan fingerprint density at radius 3 is 2.25 bits per heavy atom. The van der Waals surface area contributed by atoms with E-state index in [-0.39, 0.29) is 22.2 Å². The van der Waals surface area contributed by atoms with Gasteiger partial charge in [0.25, 0.3) is 10.0 Å². The first kappa shape index (κ1) is 22.2. The van der Waals surface area contributed by atoms with E-state index in [2.05, 4.69) is 25.1 Å². The average molecular weight is 462 g/mol. The fourth-order valence-corrected chi connectivity index (χ4v) is 3.55. The van der Waals surface area contributed by atoms with Crippen LogP contribution in [0, 0.1) is 27.2 Å². The van der Waals surface area contributed by atoms with Crippen molar-refractivity contribution in [1.29, 1.82) is 0 Å². The quantitative estimate of drug-likeness (QED) is 0.361. The lowest BCUT2D eigenvalue weighted by atomic mass is 10.3. The highest BCUT2D eigenvalue weighted by molar-refractivity contribution is 7.92. The van der Waals surface area contributed by atoms with Gasteiger partial charge >= 0.3 is 11.5 Å². The molecule has 0 bridgehead atoms. The van der Waals surface area contributed by atoms with Gasteiger partial charge in [-0.3, -0.25) is 14.9 Å². The number of hydrogen-bond donors (Lipinski definition) is 2. The first-order chi connectivity index (χ1) is 15.1. The second-order valence-corrected chi connectivity index (χ2v) is 7.86. The molecule has 0 fully saturated rings.